The van der Waals surface area contributed by atoms with Crippen molar-refractivity contribution < 1.29 is 14.7 Å². The molecule has 7 heteroatoms. The molecule has 0 saturated heterocycles. The topological polar surface area (TPSA) is 69.6 Å². The monoisotopic (exact) mass is 318 g/mol. The van der Waals surface area contributed by atoms with Gasteiger partial charge in [0.25, 0.3) is 5.91 Å². The number of aliphatic hydroxyl groups excluding tert-OH is 1. The van der Waals surface area contributed by atoms with Crippen molar-refractivity contribution in [2.75, 3.05) is 26.2 Å². The summed E-state index contributed by atoms with van der Waals surface area (Å²) in [5, 5.41) is 12.0. The van der Waals surface area contributed by atoms with E-state index in [0.717, 1.165) is 0 Å². The summed E-state index contributed by atoms with van der Waals surface area (Å²) in [6.45, 7) is 2.28. The molecule has 1 aromatic carbocycles. The molecule has 0 bridgehead atoms. The maximum absolute atomic E-state index is 11.8. The second-order valence-electron chi connectivity index (χ2n) is 4.01. The minimum absolute atomic E-state index is 0.111. The van der Waals surface area contributed by atoms with Crippen LogP contribution in [0.1, 0.15) is 17.3 Å². The molecular formula is C13H16Cl2N2O3. The van der Waals surface area contributed by atoms with Gasteiger partial charge in [0, 0.05) is 18.7 Å². The fourth-order valence-corrected chi connectivity index (χ4v) is 1.89. The van der Waals surface area contributed by atoms with Gasteiger partial charge in [0.05, 0.1) is 23.2 Å². The highest BCUT2D eigenvalue weighted by molar-refractivity contribution is 6.42. The van der Waals surface area contributed by atoms with Gasteiger partial charge in [0.1, 0.15) is 0 Å². The first-order chi connectivity index (χ1) is 9.49. The molecule has 0 aliphatic rings. The summed E-state index contributed by atoms with van der Waals surface area (Å²) < 4.78 is 0. The molecular weight excluding hydrogens is 303 g/mol. The van der Waals surface area contributed by atoms with Crippen molar-refractivity contribution in [3.8, 4) is 0 Å². The molecule has 20 heavy (non-hydrogen) atoms. The molecule has 5 nitrogen and oxygen atoms in total. The van der Waals surface area contributed by atoms with E-state index in [0.29, 0.717) is 17.1 Å². The van der Waals surface area contributed by atoms with E-state index in [4.69, 9.17) is 28.3 Å². The van der Waals surface area contributed by atoms with Gasteiger partial charge in [-0.3, -0.25) is 9.59 Å². The first kappa shape index (κ1) is 16.8. The van der Waals surface area contributed by atoms with E-state index in [-0.39, 0.29) is 30.6 Å². The highest BCUT2D eigenvalue weighted by atomic mass is 35.5. The molecule has 0 spiro atoms. The highest BCUT2D eigenvalue weighted by Crippen LogP contribution is 2.22. The highest BCUT2D eigenvalue weighted by Gasteiger charge is 2.13. The number of amides is 2. The maximum Gasteiger partial charge on any atom is 0.251 e. The van der Waals surface area contributed by atoms with Crippen molar-refractivity contribution >= 4 is 35.0 Å². The van der Waals surface area contributed by atoms with E-state index in [2.05, 4.69) is 5.32 Å². The van der Waals surface area contributed by atoms with E-state index in [9.17, 15) is 9.59 Å². The molecule has 2 amide bonds. The lowest BCUT2D eigenvalue weighted by atomic mass is 10.2. The standard InChI is InChI=1S/C13H16Cl2N2O3/c1-2-17(5-6-18)12(19)8-16-13(20)9-3-4-10(14)11(15)7-9/h3-4,7,18H,2,5-6,8H2,1H3,(H,16,20). The van der Waals surface area contributed by atoms with Crippen LogP contribution in [0.4, 0.5) is 0 Å². The van der Waals surface area contributed by atoms with Crippen LogP contribution in [0.5, 0.6) is 0 Å². The third-order valence-corrected chi connectivity index (χ3v) is 3.43. The van der Waals surface area contributed by atoms with Crippen LogP contribution in [-0.2, 0) is 4.79 Å². The van der Waals surface area contributed by atoms with Crippen LogP contribution in [0, 0.1) is 0 Å². The Labute approximate surface area is 127 Å². The second-order valence-corrected chi connectivity index (χ2v) is 4.82. The summed E-state index contributed by atoms with van der Waals surface area (Å²) in [5.74, 6) is -0.660. The molecule has 1 rings (SSSR count). The Morgan fingerprint density at radius 2 is 2.00 bits per heavy atom. The molecule has 0 radical (unpaired) electrons. The van der Waals surface area contributed by atoms with Gasteiger partial charge >= 0.3 is 0 Å². The average molecular weight is 319 g/mol. The lowest BCUT2D eigenvalue weighted by Crippen LogP contribution is -2.41. The molecule has 0 heterocycles. The number of carbonyl (C=O) groups excluding carboxylic acids is 2. The molecule has 0 unspecified atom stereocenters. The smallest absolute Gasteiger partial charge is 0.251 e. The number of halogens is 2. The molecule has 0 aliphatic carbocycles. The number of nitrogens with one attached hydrogen (secondary N) is 1. The van der Waals surface area contributed by atoms with Crippen molar-refractivity contribution in [2.24, 2.45) is 0 Å². The number of carbonyl (C=O) groups is 2. The molecule has 0 saturated carbocycles. The lowest BCUT2D eigenvalue weighted by molar-refractivity contribution is -0.130. The van der Waals surface area contributed by atoms with Crippen LogP contribution < -0.4 is 5.32 Å². The van der Waals surface area contributed by atoms with Gasteiger partial charge in [0.2, 0.25) is 5.91 Å². The number of likely N-dealkylation sites (N-methyl/N-ethyl adjacent to an activating group) is 1. The van der Waals surface area contributed by atoms with Crippen LogP contribution >= 0.6 is 23.2 Å². The van der Waals surface area contributed by atoms with Gasteiger partial charge in [-0.15, -0.1) is 0 Å². The minimum Gasteiger partial charge on any atom is -0.395 e. The molecule has 1 aromatic rings. The number of nitrogens with zero attached hydrogens (tertiary/aromatic N) is 1. The Morgan fingerprint density at radius 1 is 1.30 bits per heavy atom. The van der Waals surface area contributed by atoms with Crippen LogP contribution in [0.3, 0.4) is 0 Å². The van der Waals surface area contributed by atoms with E-state index in [1.54, 1.807) is 6.92 Å². The molecule has 110 valence electrons. The quantitative estimate of drug-likeness (QED) is 0.836. The third-order valence-electron chi connectivity index (χ3n) is 2.69. The largest absolute Gasteiger partial charge is 0.395 e. The molecule has 2 N–H and O–H groups in total. The number of aliphatic hydroxyl groups is 1. The van der Waals surface area contributed by atoms with Gasteiger partial charge in [-0.2, -0.15) is 0 Å². The Morgan fingerprint density at radius 3 is 2.55 bits per heavy atom. The first-order valence-corrected chi connectivity index (χ1v) is 6.87. The van der Waals surface area contributed by atoms with Crippen LogP contribution in [0.15, 0.2) is 18.2 Å². The summed E-state index contributed by atoms with van der Waals surface area (Å²) in [4.78, 5) is 25.1. The van der Waals surface area contributed by atoms with Crippen molar-refractivity contribution in [3.63, 3.8) is 0 Å². The van der Waals surface area contributed by atoms with Crippen molar-refractivity contribution in [2.45, 2.75) is 6.92 Å². The van der Waals surface area contributed by atoms with Crippen molar-refractivity contribution in [3.05, 3.63) is 33.8 Å². The van der Waals surface area contributed by atoms with Gasteiger partial charge in [-0.05, 0) is 25.1 Å². The van der Waals surface area contributed by atoms with E-state index in [1.807, 2.05) is 0 Å². The maximum atomic E-state index is 11.8. The fourth-order valence-electron chi connectivity index (χ4n) is 1.59. The van der Waals surface area contributed by atoms with Crippen LogP contribution in [-0.4, -0.2) is 48.1 Å². The number of benzene rings is 1. The lowest BCUT2D eigenvalue weighted by Gasteiger charge is -2.19. The zero-order chi connectivity index (χ0) is 15.1. The van der Waals surface area contributed by atoms with Crippen LogP contribution in [0.2, 0.25) is 10.0 Å². The average Bonchev–Trinajstić information content (AvgIpc) is 2.44. The van der Waals surface area contributed by atoms with E-state index >= 15 is 0 Å². The summed E-state index contributed by atoms with van der Waals surface area (Å²) in [7, 11) is 0. The first-order valence-electron chi connectivity index (χ1n) is 6.11. The van der Waals surface area contributed by atoms with E-state index in [1.165, 1.54) is 23.1 Å². The number of rotatable bonds is 6. The summed E-state index contributed by atoms with van der Waals surface area (Å²) in [6.07, 6.45) is 0. The molecule has 0 atom stereocenters. The molecule has 0 aromatic heterocycles. The second kappa shape index (κ2) is 8.09. The third kappa shape index (κ3) is 4.67. The summed E-state index contributed by atoms with van der Waals surface area (Å²) in [5.41, 5.74) is 0.331. The number of hydrogen-bond acceptors (Lipinski definition) is 3. The van der Waals surface area contributed by atoms with E-state index < -0.39 is 5.91 Å². The zero-order valence-electron chi connectivity index (χ0n) is 11.0. The molecule has 0 fully saturated rings. The van der Waals surface area contributed by atoms with Gasteiger partial charge in [-0.1, -0.05) is 23.2 Å². The van der Waals surface area contributed by atoms with Crippen molar-refractivity contribution in [1.82, 2.24) is 10.2 Å². The Bertz CT molecular complexity index is 495. The molecule has 0 aliphatic heterocycles. The van der Waals surface area contributed by atoms with Crippen molar-refractivity contribution in [1.29, 1.82) is 0 Å². The van der Waals surface area contributed by atoms with Gasteiger partial charge in [0.15, 0.2) is 0 Å². The number of hydrogen-bond donors (Lipinski definition) is 2. The Balaban J connectivity index is 2.58. The Hall–Kier alpha value is -1.30. The Kier molecular flexibility index (Phi) is 6.78. The predicted octanol–water partition coefficient (Wildman–Crippen LogP) is 1.56. The fraction of sp³-hybridized carbons (Fsp3) is 0.385. The SMILES string of the molecule is CCN(CCO)C(=O)CNC(=O)c1ccc(Cl)c(Cl)c1. The predicted molar refractivity (Wildman–Crippen MR) is 78.1 cm³/mol. The zero-order valence-corrected chi connectivity index (χ0v) is 12.5. The summed E-state index contributed by atoms with van der Waals surface area (Å²) in [6, 6.07) is 4.49. The normalized spacial score (nSPS) is 10.2. The van der Waals surface area contributed by atoms with Crippen LogP contribution in [0.25, 0.3) is 0 Å². The minimum atomic E-state index is -0.406. The van der Waals surface area contributed by atoms with Gasteiger partial charge < -0.3 is 15.3 Å². The van der Waals surface area contributed by atoms with Gasteiger partial charge in [-0.25, -0.2) is 0 Å². The summed E-state index contributed by atoms with van der Waals surface area (Å²) >= 11 is 11.6.